The minimum Gasteiger partial charge on any atom is -0.493 e. The van der Waals surface area contributed by atoms with Gasteiger partial charge in [-0.15, -0.1) is 11.3 Å². The molecule has 6 heteroatoms. The van der Waals surface area contributed by atoms with Crippen molar-refractivity contribution >= 4 is 27.3 Å². The monoisotopic (exact) mass is 362 g/mol. The van der Waals surface area contributed by atoms with Gasteiger partial charge in [0, 0.05) is 21.3 Å². The molecule has 0 aliphatic heterocycles. The van der Waals surface area contributed by atoms with Gasteiger partial charge in [-0.05, 0) is 17.5 Å². The first-order valence-corrected chi connectivity index (χ1v) is 7.92. The lowest BCUT2D eigenvalue weighted by Gasteiger charge is -2.07. The van der Waals surface area contributed by atoms with E-state index in [1.54, 1.807) is 23.5 Å². The van der Waals surface area contributed by atoms with Crippen molar-refractivity contribution in [3.63, 3.8) is 0 Å². The van der Waals surface area contributed by atoms with Crippen molar-refractivity contribution < 1.29 is 5.11 Å². The first kappa shape index (κ1) is 14.0. The average Bonchev–Trinajstić information content (AvgIpc) is 2.93. The number of hydrogen-bond acceptors (Lipinski definition) is 4. The number of benzene rings is 1. The number of aromatic amines is 1. The summed E-state index contributed by atoms with van der Waals surface area (Å²) in [6.07, 6.45) is 0.497. The van der Waals surface area contributed by atoms with E-state index in [1.807, 2.05) is 29.6 Å². The smallest absolute Gasteiger partial charge is 0.262 e. The zero-order chi connectivity index (χ0) is 14.8. The van der Waals surface area contributed by atoms with Crippen LogP contribution in [0.5, 0.6) is 5.88 Å². The fourth-order valence-corrected chi connectivity index (χ4v) is 3.27. The van der Waals surface area contributed by atoms with E-state index in [-0.39, 0.29) is 17.0 Å². The number of hydrogen-bond donors (Lipinski definition) is 2. The van der Waals surface area contributed by atoms with Crippen LogP contribution in [0.3, 0.4) is 0 Å². The van der Waals surface area contributed by atoms with Crippen LogP contribution in [-0.2, 0) is 6.42 Å². The molecule has 106 valence electrons. The molecule has 0 aliphatic rings. The molecule has 2 aromatic heterocycles. The third-order valence-electron chi connectivity index (χ3n) is 3.01. The van der Waals surface area contributed by atoms with Crippen LogP contribution in [0.1, 0.15) is 10.7 Å². The lowest BCUT2D eigenvalue weighted by molar-refractivity contribution is 0.450. The Bertz CT molecular complexity index is 828. The van der Waals surface area contributed by atoms with Crippen molar-refractivity contribution in [2.24, 2.45) is 0 Å². The summed E-state index contributed by atoms with van der Waals surface area (Å²) in [5.41, 5.74) is 0.449. The number of nitrogens with zero attached hydrogens (tertiary/aromatic N) is 1. The van der Waals surface area contributed by atoms with Crippen LogP contribution in [0.15, 0.2) is 51.0 Å². The molecule has 0 amide bonds. The second-order valence-corrected chi connectivity index (χ2v) is 6.33. The van der Waals surface area contributed by atoms with Crippen LogP contribution < -0.4 is 5.56 Å². The molecule has 21 heavy (non-hydrogen) atoms. The Morgan fingerprint density at radius 3 is 2.71 bits per heavy atom. The highest BCUT2D eigenvalue weighted by Crippen LogP contribution is 2.30. The van der Waals surface area contributed by atoms with E-state index >= 15 is 0 Å². The second kappa shape index (κ2) is 5.83. The van der Waals surface area contributed by atoms with Crippen LogP contribution in [0.4, 0.5) is 0 Å². The molecular weight excluding hydrogens is 352 g/mol. The number of nitrogens with one attached hydrogen (secondary N) is 1. The molecule has 0 unspecified atom stereocenters. The first-order chi connectivity index (χ1) is 10.1. The quantitative estimate of drug-likeness (QED) is 0.748. The summed E-state index contributed by atoms with van der Waals surface area (Å²) in [5.74, 6) is 0.202. The predicted molar refractivity (Wildman–Crippen MR) is 86.8 cm³/mol. The average molecular weight is 363 g/mol. The van der Waals surface area contributed by atoms with Gasteiger partial charge in [0.05, 0.1) is 0 Å². The van der Waals surface area contributed by atoms with Crippen molar-refractivity contribution in [2.45, 2.75) is 6.42 Å². The van der Waals surface area contributed by atoms with Crippen molar-refractivity contribution in [2.75, 3.05) is 0 Å². The second-order valence-electron chi connectivity index (χ2n) is 4.45. The maximum absolute atomic E-state index is 12.3. The molecule has 0 spiro atoms. The number of aromatic hydroxyl groups is 1. The third kappa shape index (κ3) is 2.91. The number of H-pyrrole nitrogens is 1. The Balaban J connectivity index is 2.05. The minimum absolute atomic E-state index is 0.178. The predicted octanol–water partition coefficient (Wildman–Crippen LogP) is 3.56. The maximum atomic E-state index is 12.3. The summed E-state index contributed by atoms with van der Waals surface area (Å²) in [7, 11) is 0. The van der Waals surface area contributed by atoms with Gasteiger partial charge in [-0.1, -0.05) is 40.2 Å². The molecule has 0 aliphatic carbocycles. The molecule has 1 aromatic carbocycles. The topological polar surface area (TPSA) is 66.0 Å². The highest BCUT2D eigenvalue weighted by Gasteiger charge is 2.15. The molecule has 0 radical (unpaired) electrons. The number of thiophene rings is 1. The van der Waals surface area contributed by atoms with Gasteiger partial charge in [0.2, 0.25) is 5.88 Å². The number of halogens is 1. The molecule has 0 saturated carbocycles. The zero-order valence-corrected chi connectivity index (χ0v) is 13.2. The largest absolute Gasteiger partial charge is 0.493 e. The van der Waals surface area contributed by atoms with E-state index in [1.165, 1.54) is 0 Å². The first-order valence-electron chi connectivity index (χ1n) is 6.24. The maximum Gasteiger partial charge on any atom is 0.262 e. The highest BCUT2D eigenvalue weighted by atomic mass is 79.9. The zero-order valence-electron chi connectivity index (χ0n) is 10.8. The van der Waals surface area contributed by atoms with Crippen molar-refractivity contribution in [3.05, 3.63) is 67.3 Å². The van der Waals surface area contributed by atoms with E-state index in [2.05, 4.69) is 25.9 Å². The van der Waals surface area contributed by atoms with Gasteiger partial charge in [-0.25, -0.2) is 0 Å². The Morgan fingerprint density at radius 1 is 1.24 bits per heavy atom. The van der Waals surface area contributed by atoms with Gasteiger partial charge in [-0.2, -0.15) is 4.98 Å². The Morgan fingerprint density at radius 2 is 2.05 bits per heavy atom. The molecule has 0 bridgehead atoms. The molecule has 4 nitrogen and oxygen atoms in total. The van der Waals surface area contributed by atoms with Crippen LogP contribution in [0.25, 0.3) is 11.1 Å². The fraction of sp³-hybridized carbons (Fsp3) is 0.0667. The van der Waals surface area contributed by atoms with Gasteiger partial charge in [0.15, 0.2) is 0 Å². The Kier molecular flexibility index (Phi) is 3.90. The lowest BCUT2D eigenvalue weighted by Crippen LogP contribution is -2.14. The Labute approximate surface area is 133 Å². The summed E-state index contributed by atoms with van der Waals surface area (Å²) < 4.78 is 0.735. The van der Waals surface area contributed by atoms with Crippen LogP contribution >= 0.6 is 27.3 Å². The molecule has 3 rings (SSSR count). The molecule has 2 heterocycles. The van der Waals surface area contributed by atoms with E-state index < -0.39 is 0 Å². The molecule has 0 saturated heterocycles. The van der Waals surface area contributed by atoms with Gasteiger partial charge in [-0.3, -0.25) is 4.79 Å². The van der Waals surface area contributed by atoms with Crippen molar-refractivity contribution in [1.29, 1.82) is 0 Å². The third-order valence-corrected chi connectivity index (χ3v) is 4.58. The number of rotatable bonds is 3. The lowest BCUT2D eigenvalue weighted by atomic mass is 10.1. The SMILES string of the molecule is O=c1[nH]c(Cc2cccs2)nc(O)c1-c1ccccc1Br. The normalized spacial score (nSPS) is 10.7. The fourth-order valence-electron chi connectivity index (χ4n) is 2.08. The van der Waals surface area contributed by atoms with E-state index in [0.717, 1.165) is 9.35 Å². The summed E-state index contributed by atoms with van der Waals surface area (Å²) in [6, 6.07) is 11.1. The van der Waals surface area contributed by atoms with Gasteiger partial charge >= 0.3 is 0 Å². The summed E-state index contributed by atoms with van der Waals surface area (Å²) in [4.78, 5) is 20.2. The molecular formula is C15H11BrN2O2S. The van der Waals surface area contributed by atoms with Crippen LogP contribution in [-0.4, -0.2) is 15.1 Å². The molecule has 0 fully saturated rings. The van der Waals surface area contributed by atoms with Crippen molar-refractivity contribution in [3.8, 4) is 17.0 Å². The van der Waals surface area contributed by atoms with E-state index in [9.17, 15) is 9.90 Å². The van der Waals surface area contributed by atoms with E-state index in [4.69, 9.17) is 0 Å². The van der Waals surface area contributed by atoms with Crippen LogP contribution in [0.2, 0.25) is 0 Å². The van der Waals surface area contributed by atoms with Gasteiger partial charge < -0.3 is 10.1 Å². The highest BCUT2D eigenvalue weighted by molar-refractivity contribution is 9.10. The summed E-state index contributed by atoms with van der Waals surface area (Å²) >= 11 is 4.96. The molecule has 2 N–H and O–H groups in total. The van der Waals surface area contributed by atoms with Gasteiger partial charge in [0.1, 0.15) is 11.4 Å². The summed E-state index contributed by atoms with van der Waals surface area (Å²) in [6.45, 7) is 0. The van der Waals surface area contributed by atoms with Crippen LogP contribution in [0, 0.1) is 0 Å². The number of aromatic nitrogens is 2. The summed E-state index contributed by atoms with van der Waals surface area (Å²) in [5, 5.41) is 12.1. The molecule has 0 atom stereocenters. The van der Waals surface area contributed by atoms with Crippen molar-refractivity contribution in [1.82, 2.24) is 9.97 Å². The molecule has 3 aromatic rings. The standard InChI is InChI=1S/C15H11BrN2O2S/c16-11-6-2-1-5-10(11)13-14(19)17-12(18-15(13)20)8-9-4-3-7-21-9/h1-7H,8H2,(H2,17,18,19,20). The Hall–Kier alpha value is -1.92. The van der Waals surface area contributed by atoms with Gasteiger partial charge in [0.25, 0.3) is 5.56 Å². The minimum atomic E-state index is -0.346. The van der Waals surface area contributed by atoms with E-state index in [0.29, 0.717) is 17.8 Å².